The zero-order valence-electron chi connectivity index (χ0n) is 25.8. The van der Waals surface area contributed by atoms with Crippen LogP contribution >= 0.6 is 12.4 Å². The molecule has 7 rings (SSSR count). The second-order valence-electron chi connectivity index (χ2n) is 12.8. The van der Waals surface area contributed by atoms with E-state index in [1.165, 1.54) is 42.7 Å². The first-order valence-electron chi connectivity index (χ1n) is 16.0. The van der Waals surface area contributed by atoms with Crippen molar-refractivity contribution in [3.8, 4) is 0 Å². The Labute approximate surface area is 274 Å². The summed E-state index contributed by atoms with van der Waals surface area (Å²) < 4.78 is 13.5. The molecule has 2 aliphatic heterocycles. The summed E-state index contributed by atoms with van der Waals surface area (Å²) in [5, 5.41) is 9.93. The van der Waals surface area contributed by atoms with Crippen LogP contribution in [0.3, 0.4) is 0 Å². The van der Waals surface area contributed by atoms with Crippen LogP contribution in [0.15, 0.2) is 60.7 Å². The van der Waals surface area contributed by atoms with Crippen molar-refractivity contribution in [1.29, 1.82) is 0 Å². The SMILES string of the molecule is C[C@H](NC(=O)[C@@H]1C[C@H]2C[C@H]2N1C(=O)CNC(=O)c1ccc2cc(F)ccc2n1)c1cc(C2=CCCNC2)ccc1/C=C/C1CC1.Cl. The van der Waals surface area contributed by atoms with E-state index in [4.69, 9.17) is 0 Å². The summed E-state index contributed by atoms with van der Waals surface area (Å²) in [6, 6.07) is 13.0. The van der Waals surface area contributed by atoms with E-state index < -0.39 is 11.9 Å². The topological polar surface area (TPSA) is 103 Å². The van der Waals surface area contributed by atoms with Gasteiger partial charge in [-0.2, -0.15) is 0 Å². The molecule has 10 heteroatoms. The first kappa shape index (κ1) is 31.9. The molecule has 46 heavy (non-hydrogen) atoms. The lowest BCUT2D eigenvalue weighted by Gasteiger charge is -2.29. The molecular formula is C36H39ClFN5O3. The Morgan fingerprint density at radius 1 is 1.11 bits per heavy atom. The van der Waals surface area contributed by atoms with Crippen LogP contribution in [-0.2, 0) is 9.59 Å². The summed E-state index contributed by atoms with van der Waals surface area (Å²) in [6.45, 7) is 3.58. The molecule has 0 radical (unpaired) electrons. The molecule has 0 spiro atoms. The van der Waals surface area contributed by atoms with Gasteiger partial charge >= 0.3 is 0 Å². The normalized spacial score (nSPS) is 22.5. The number of hydrogen-bond donors (Lipinski definition) is 3. The van der Waals surface area contributed by atoms with E-state index in [-0.39, 0.29) is 54.4 Å². The van der Waals surface area contributed by atoms with Gasteiger partial charge in [-0.05, 0) is 110 Å². The largest absolute Gasteiger partial charge is 0.348 e. The summed E-state index contributed by atoms with van der Waals surface area (Å²) >= 11 is 0. The molecule has 4 atom stereocenters. The molecule has 2 aliphatic carbocycles. The zero-order valence-corrected chi connectivity index (χ0v) is 26.6. The number of nitrogens with one attached hydrogen (secondary N) is 3. The molecule has 2 aromatic carbocycles. The van der Waals surface area contributed by atoms with Crippen LogP contribution < -0.4 is 16.0 Å². The lowest BCUT2D eigenvalue weighted by atomic mass is 9.93. The third kappa shape index (κ3) is 6.86. The van der Waals surface area contributed by atoms with E-state index in [1.54, 1.807) is 11.0 Å². The number of halogens is 2. The van der Waals surface area contributed by atoms with Crippen molar-refractivity contribution in [3.63, 3.8) is 0 Å². The van der Waals surface area contributed by atoms with Crippen LogP contribution in [0.25, 0.3) is 22.6 Å². The van der Waals surface area contributed by atoms with Crippen molar-refractivity contribution >= 4 is 52.7 Å². The highest BCUT2D eigenvalue weighted by atomic mass is 35.5. The maximum atomic E-state index is 13.7. The highest BCUT2D eigenvalue weighted by Gasteiger charge is 2.56. The van der Waals surface area contributed by atoms with E-state index >= 15 is 0 Å². The van der Waals surface area contributed by atoms with Gasteiger partial charge in [0.05, 0.1) is 18.1 Å². The minimum Gasteiger partial charge on any atom is -0.348 e. The van der Waals surface area contributed by atoms with E-state index in [2.05, 4.69) is 57.4 Å². The van der Waals surface area contributed by atoms with Gasteiger partial charge < -0.3 is 20.9 Å². The average Bonchev–Trinajstić information content (AvgIpc) is 4.00. The molecule has 2 saturated carbocycles. The van der Waals surface area contributed by atoms with E-state index in [1.807, 2.05) is 6.92 Å². The molecule has 4 aliphatic rings. The molecule has 3 aromatic rings. The Bertz CT molecular complexity index is 1740. The number of carbonyl (C=O) groups is 3. The number of carbonyl (C=O) groups excluding carboxylic acids is 3. The monoisotopic (exact) mass is 643 g/mol. The van der Waals surface area contributed by atoms with Gasteiger partial charge in [-0.15, -0.1) is 12.4 Å². The number of benzene rings is 2. The predicted octanol–water partition coefficient (Wildman–Crippen LogP) is 5.19. The molecule has 3 fully saturated rings. The zero-order chi connectivity index (χ0) is 31.1. The number of pyridine rings is 1. The number of aromatic nitrogens is 1. The molecule has 3 heterocycles. The lowest BCUT2D eigenvalue weighted by molar-refractivity contribution is -0.139. The first-order valence-corrected chi connectivity index (χ1v) is 16.0. The third-order valence-electron chi connectivity index (χ3n) is 9.46. The number of fused-ring (bicyclic) bond motifs is 2. The number of allylic oxidation sites excluding steroid dienone is 1. The summed E-state index contributed by atoms with van der Waals surface area (Å²) in [7, 11) is 0. The summed E-state index contributed by atoms with van der Waals surface area (Å²) in [4.78, 5) is 46.0. The molecule has 8 nitrogen and oxygen atoms in total. The van der Waals surface area contributed by atoms with Gasteiger partial charge in [0.25, 0.3) is 5.91 Å². The fourth-order valence-corrected chi connectivity index (χ4v) is 6.69. The molecule has 3 N–H and O–H groups in total. The van der Waals surface area contributed by atoms with Crippen LogP contribution in [0, 0.1) is 17.7 Å². The number of piperidine rings is 1. The smallest absolute Gasteiger partial charge is 0.270 e. The van der Waals surface area contributed by atoms with Crippen LogP contribution in [0.4, 0.5) is 4.39 Å². The van der Waals surface area contributed by atoms with E-state index in [0.717, 1.165) is 42.6 Å². The minimum absolute atomic E-state index is 0. The second kappa shape index (κ2) is 13.3. The molecule has 3 amide bonds. The van der Waals surface area contributed by atoms with Crippen LogP contribution in [0.5, 0.6) is 0 Å². The summed E-state index contributed by atoms with van der Waals surface area (Å²) in [5.41, 5.74) is 5.21. The van der Waals surface area contributed by atoms with Gasteiger partial charge in [0.2, 0.25) is 11.8 Å². The van der Waals surface area contributed by atoms with Crippen LogP contribution in [-0.4, -0.2) is 59.3 Å². The molecule has 1 aromatic heterocycles. The van der Waals surface area contributed by atoms with Crippen LogP contribution in [0.2, 0.25) is 0 Å². The van der Waals surface area contributed by atoms with Crippen molar-refractivity contribution in [2.45, 2.75) is 57.2 Å². The van der Waals surface area contributed by atoms with Gasteiger partial charge in [-0.25, -0.2) is 9.37 Å². The van der Waals surface area contributed by atoms with Crippen molar-refractivity contribution in [1.82, 2.24) is 25.8 Å². The maximum absolute atomic E-state index is 13.7. The number of rotatable bonds is 9. The van der Waals surface area contributed by atoms with Crippen molar-refractivity contribution in [2.75, 3.05) is 19.6 Å². The summed E-state index contributed by atoms with van der Waals surface area (Å²) in [6.07, 6.45) is 11.7. The molecule has 240 valence electrons. The second-order valence-corrected chi connectivity index (χ2v) is 12.8. The van der Waals surface area contributed by atoms with Gasteiger partial charge in [0.1, 0.15) is 17.6 Å². The van der Waals surface area contributed by atoms with Crippen LogP contribution in [0.1, 0.15) is 72.2 Å². The number of likely N-dealkylation sites (tertiary alicyclic amines) is 1. The van der Waals surface area contributed by atoms with Gasteiger partial charge in [0, 0.05) is 18.0 Å². The number of amides is 3. The lowest BCUT2D eigenvalue weighted by Crippen LogP contribution is -2.51. The summed E-state index contributed by atoms with van der Waals surface area (Å²) in [5.74, 6) is -0.373. The standard InChI is InChI=1S/C36H38FN5O3.ClH/c1-21(29-16-24(26-3-2-14-38-19-26)9-8-23(29)7-6-22-4-5-22)40-36(45)33-18-27-17-32(27)42(33)34(43)20-39-35(44)31-12-10-25-15-28(37)11-13-30(25)41-31;/h3,6-13,15-16,21-22,27,32-33,38H,2,4-5,14,17-20H2,1H3,(H,39,44)(H,40,45);1H/b7-6+;/t21-,27+,32+,33-;/m0./s1. The highest BCUT2D eigenvalue weighted by molar-refractivity contribution is 5.98. The van der Waals surface area contributed by atoms with E-state index in [9.17, 15) is 18.8 Å². The van der Waals surface area contributed by atoms with Gasteiger partial charge in [-0.1, -0.05) is 36.4 Å². The maximum Gasteiger partial charge on any atom is 0.270 e. The fraction of sp³-hybridized carbons (Fsp3) is 0.389. The quantitative estimate of drug-likeness (QED) is 0.298. The Kier molecular flexibility index (Phi) is 9.25. The number of hydrogen-bond acceptors (Lipinski definition) is 5. The molecule has 0 bridgehead atoms. The first-order chi connectivity index (χ1) is 21.8. The molecular weight excluding hydrogens is 605 g/mol. The Balaban J connectivity index is 0.00000372. The number of nitrogens with zero attached hydrogens (tertiary/aromatic N) is 2. The van der Waals surface area contributed by atoms with E-state index in [0.29, 0.717) is 29.2 Å². The third-order valence-corrected chi connectivity index (χ3v) is 9.46. The van der Waals surface area contributed by atoms with Crippen molar-refractivity contribution in [2.24, 2.45) is 11.8 Å². The predicted molar refractivity (Wildman–Crippen MR) is 179 cm³/mol. The molecule has 1 saturated heterocycles. The van der Waals surface area contributed by atoms with Crippen molar-refractivity contribution < 1.29 is 18.8 Å². The average molecular weight is 644 g/mol. The Hall–Kier alpha value is -4.08. The highest BCUT2D eigenvalue weighted by Crippen LogP contribution is 2.48. The Morgan fingerprint density at radius 3 is 2.74 bits per heavy atom. The minimum atomic E-state index is -0.576. The van der Waals surface area contributed by atoms with Gasteiger partial charge in [0.15, 0.2) is 0 Å². The van der Waals surface area contributed by atoms with Gasteiger partial charge in [-0.3, -0.25) is 14.4 Å². The van der Waals surface area contributed by atoms with Crippen molar-refractivity contribution in [3.05, 3.63) is 88.9 Å². The fourth-order valence-electron chi connectivity index (χ4n) is 6.69. The molecule has 0 unspecified atom stereocenters. The Morgan fingerprint density at radius 2 is 1.96 bits per heavy atom.